The largest absolute Gasteiger partial charge is 1.00 e. The van der Waals surface area contributed by atoms with Gasteiger partial charge in [0.2, 0.25) is 6.29 Å². The summed E-state index contributed by atoms with van der Waals surface area (Å²) in [7, 11) is 0. The molecule has 16 nitrogen and oxygen atoms in total. The summed E-state index contributed by atoms with van der Waals surface area (Å²) < 4.78 is 28.8. The monoisotopic (exact) mass is 672 g/mol. The number of aliphatic hydroxyl groups excluding tert-OH is 7. The topological polar surface area (TPSA) is 298 Å². The van der Waals surface area contributed by atoms with Crippen LogP contribution in [0, 0.1) is 0 Å². The Morgan fingerprint density at radius 3 is 1.77 bits per heavy atom. The van der Waals surface area contributed by atoms with E-state index in [-0.39, 0.29) is 69.4 Å². The van der Waals surface area contributed by atoms with Crippen molar-refractivity contribution < 1.29 is 132 Å². The van der Waals surface area contributed by atoms with Crippen LogP contribution in [0.15, 0.2) is 0 Å². The van der Waals surface area contributed by atoms with Gasteiger partial charge in [-0.15, -0.1) is 0 Å². The second kappa shape index (κ2) is 19.0. The van der Waals surface area contributed by atoms with Crippen LogP contribution in [-0.2, 0) is 23.7 Å². The quantitative estimate of drug-likeness (QED) is 0.109. The van der Waals surface area contributed by atoms with Crippen LogP contribution in [0.2, 0.25) is 0 Å². The van der Waals surface area contributed by atoms with Gasteiger partial charge >= 0.3 is 0 Å². The first-order valence-electron chi connectivity index (χ1n) is 12.2. The average molecular weight is 674 g/mol. The van der Waals surface area contributed by atoms with E-state index in [0.717, 1.165) is 0 Å². The molecule has 0 aromatic heterocycles. The average Bonchev–Trinajstić information content (AvgIpc) is 2.85. The lowest BCUT2D eigenvalue weighted by atomic mass is 9.84. The highest BCUT2D eigenvalue weighted by Gasteiger charge is 2.55. The molecule has 1 aliphatic carbocycles. The summed E-state index contributed by atoms with van der Waals surface area (Å²) in [6.45, 7) is -0.996. The summed E-state index contributed by atoms with van der Waals surface area (Å²) >= 11 is 0. The van der Waals surface area contributed by atoms with Crippen LogP contribution >= 0.6 is 0 Å². The van der Waals surface area contributed by atoms with Crippen molar-refractivity contribution in [2.75, 3.05) is 26.4 Å². The molecule has 3 fully saturated rings. The second-order valence-electron chi connectivity index (χ2n) is 9.69. The number of ether oxygens (including phenoxy) is 5. The van der Waals surface area contributed by atoms with Gasteiger partial charge in [-0.25, -0.2) is 0 Å². The molecule has 15 atom stereocenters. The minimum atomic E-state index is -1.55. The van der Waals surface area contributed by atoms with Crippen molar-refractivity contribution in [2.45, 2.75) is 98.2 Å². The third-order valence-electron chi connectivity index (χ3n) is 7.13. The molecule has 2 saturated heterocycles. The van der Waals surface area contributed by atoms with Gasteiger partial charge in [-0.3, -0.25) is 0 Å². The molecule has 0 amide bonds. The Morgan fingerprint density at radius 2 is 1.23 bits per heavy atom. The van der Waals surface area contributed by atoms with E-state index in [9.17, 15) is 30.6 Å². The van der Waals surface area contributed by atoms with Crippen molar-refractivity contribution in [2.24, 2.45) is 0 Å². The van der Waals surface area contributed by atoms with Gasteiger partial charge in [0.05, 0.1) is 26.2 Å². The highest BCUT2D eigenvalue weighted by Crippen LogP contribution is 2.31. The molecule has 40 heavy (non-hydrogen) atoms. The van der Waals surface area contributed by atoms with Gasteiger partial charge < -0.3 is 132 Å². The molecule has 0 radical (unpaired) electrons. The summed E-state index contributed by atoms with van der Waals surface area (Å²) in [5, 5.41) is 71.5. The van der Waals surface area contributed by atoms with Gasteiger partial charge in [-0.05, 0) is 0 Å². The third-order valence-corrected chi connectivity index (χ3v) is 7.13. The van der Waals surface area contributed by atoms with Crippen LogP contribution in [0.25, 0.3) is 0 Å². The number of halogens is 4. The van der Waals surface area contributed by atoms with E-state index in [1.807, 2.05) is 0 Å². The van der Waals surface area contributed by atoms with Crippen LogP contribution in [0.5, 0.6) is 0 Å². The first-order chi connectivity index (χ1) is 17.0. The summed E-state index contributed by atoms with van der Waals surface area (Å²) in [6.07, 6.45) is -14.1. The van der Waals surface area contributed by atoms with E-state index >= 15 is 0 Å². The second-order valence-corrected chi connectivity index (χ2v) is 9.69. The van der Waals surface area contributed by atoms with Crippen molar-refractivity contribution in [3.05, 3.63) is 0 Å². The van der Waals surface area contributed by atoms with Crippen LogP contribution in [0.3, 0.4) is 0 Å². The highest BCUT2D eigenvalue weighted by molar-refractivity contribution is 4.98. The molecule has 1 saturated carbocycles. The van der Waals surface area contributed by atoms with E-state index in [1.54, 1.807) is 0 Å². The van der Waals surface area contributed by atoms with Crippen LogP contribution in [0.4, 0.5) is 0 Å². The minimum absolute atomic E-state index is 0. The minimum Gasteiger partial charge on any atom is -1.00 e. The Balaban J connectivity index is 0. The predicted molar refractivity (Wildman–Crippen MR) is 113 cm³/mol. The molecule has 0 aromatic rings. The zero-order valence-corrected chi connectivity index (χ0v) is 24.7. The Hall–Kier alpha value is 0.520. The predicted octanol–water partition coefficient (Wildman–Crippen LogP) is -22.1. The Morgan fingerprint density at radius 1 is 0.650 bits per heavy atom. The van der Waals surface area contributed by atoms with Gasteiger partial charge in [0, 0.05) is 0 Å². The molecule has 0 aromatic carbocycles. The molecule has 0 unspecified atom stereocenters. The maximum atomic E-state index is 11.0. The summed E-state index contributed by atoms with van der Waals surface area (Å²) in [4.78, 5) is 0. The molecule has 3 rings (SSSR count). The van der Waals surface area contributed by atoms with E-state index in [4.69, 9.17) is 28.8 Å². The van der Waals surface area contributed by atoms with E-state index in [1.165, 1.54) is 0 Å². The third kappa shape index (κ3) is 9.26. The smallest absolute Gasteiger partial charge is 0.214 e. The van der Waals surface area contributed by atoms with E-state index < -0.39 is 98.4 Å². The molecule has 244 valence electrons. The fraction of sp³-hybridized carbons (Fsp3) is 1.00. The Kier molecular flexibility index (Phi) is 20.3. The first kappa shape index (κ1) is 42.7. The first-order valence-corrected chi connectivity index (χ1v) is 12.2. The fourth-order valence-electron chi connectivity index (χ4n) is 4.96. The van der Waals surface area contributed by atoms with Crippen LogP contribution in [0.1, 0.15) is 6.42 Å². The number of hydrogen-bond donors (Lipinski definition) is 11. The van der Waals surface area contributed by atoms with Gasteiger partial charge in [-0.1, -0.05) is 0 Å². The summed E-state index contributed by atoms with van der Waals surface area (Å²) in [6, 6.07) is -1.87. The molecule has 19 N–H and O–H groups in total. The number of hydrogen-bond acceptors (Lipinski definition) is 12. The Bertz CT molecular complexity index is 701. The standard InChI is InChI=1S/C20H40N4O12.4ClH/c21-4-8-12(28)14(30)10(24)19(33-8)35-16-7(23)3-6(22)11(27)18(16)36-20-15(31)17(32-2-1-25)13(29)9(5-26)34-20;;;;/h6-20,25-31H,1-5,21-24H2;4*1H/t6-,7+,8-,9-,10-,11+,12-,13-,14-,15-,16-,17+,18-,19-,20+;;;;/m1..../s1. The molecule has 2 aliphatic heterocycles. The maximum Gasteiger partial charge on any atom is 0.214 e. The van der Waals surface area contributed by atoms with Crippen molar-refractivity contribution in [1.82, 2.24) is 0 Å². The molecule has 20 heteroatoms. The summed E-state index contributed by atoms with van der Waals surface area (Å²) in [5.74, 6) is 0. The van der Waals surface area contributed by atoms with Crippen LogP contribution < -0.4 is 72.6 Å². The van der Waals surface area contributed by atoms with Crippen molar-refractivity contribution in [1.29, 1.82) is 0 Å². The number of quaternary nitrogens is 4. The van der Waals surface area contributed by atoms with E-state index in [0.29, 0.717) is 6.42 Å². The molecule has 2 heterocycles. The molecular weight excluding hydrogens is 630 g/mol. The van der Waals surface area contributed by atoms with Gasteiger partial charge in [0.15, 0.2) is 12.3 Å². The van der Waals surface area contributed by atoms with Crippen molar-refractivity contribution in [3.63, 3.8) is 0 Å². The van der Waals surface area contributed by atoms with E-state index in [2.05, 4.69) is 22.9 Å². The zero-order valence-electron chi connectivity index (χ0n) is 21.7. The molecule has 0 bridgehead atoms. The number of rotatable bonds is 9. The highest BCUT2D eigenvalue weighted by atomic mass is 35.5. The zero-order chi connectivity index (χ0) is 26.7. The molecule has 3 aliphatic rings. The van der Waals surface area contributed by atoms with Gasteiger partial charge in [0.1, 0.15) is 79.7 Å². The molecular formula is C20H44Cl4N4O12. The van der Waals surface area contributed by atoms with Crippen LogP contribution in [-0.4, -0.2) is 154 Å². The lowest BCUT2D eigenvalue weighted by Gasteiger charge is -2.47. The SMILES string of the molecule is [Cl-].[Cl-].[Cl-].[Cl-].[NH3+]C[C@H]1O[C@H](O[C@H]2[C@H](O[C@@H]3O[C@H](CO)[C@@H](O)[C@H](OCCO)[C@H]3O)[C@@H](O)[C@H]([NH3+])C[C@@H]2[NH3+])[C@H]([NH3+])[C@@H](O)[C@@H]1O. The number of aliphatic hydroxyl groups is 7. The van der Waals surface area contributed by atoms with Crippen molar-refractivity contribution >= 4 is 0 Å². The lowest BCUT2D eigenvalue weighted by Crippen LogP contribution is -3.00. The summed E-state index contributed by atoms with van der Waals surface area (Å²) in [5.41, 5.74) is 15.6. The van der Waals surface area contributed by atoms with Crippen molar-refractivity contribution in [3.8, 4) is 0 Å². The normalized spacial score (nSPS) is 45.2. The lowest BCUT2D eigenvalue weighted by molar-refractivity contribution is -0.537. The maximum absolute atomic E-state index is 11.0. The fourth-order valence-corrected chi connectivity index (χ4v) is 4.96. The van der Waals surface area contributed by atoms with Gasteiger partial charge in [-0.2, -0.15) is 0 Å². The Labute approximate surface area is 256 Å². The van der Waals surface area contributed by atoms with Gasteiger partial charge in [0.25, 0.3) is 0 Å². The molecule has 0 spiro atoms.